The number of aromatic nitrogens is 2. The van der Waals surface area contributed by atoms with E-state index in [1.165, 1.54) is 0 Å². The van der Waals surface area contributed by atoms with Crippen molar-refractivity contribution >= 4 is 27.4 Å². The molecule has 0 aliphatic heterocycles. The lowest BCUT2D eigenvalue weighted by Crippen LogP contribution is -2.07. The molecule has 1 rings (SSSR count). The first kappa shape index (κ1) is 11.0. The molecule has 0 aliphatic rings. The molecular formula is C7H11BrN4O2. The summed E-state index contributed by atoms with van der Waals surface area (Å²) >= 11 is 3.07. The molecule has 0 atom stereocenters. The summed E-state index contributed by atoms with van der Waals surface area (Å²) in [6.07, 6.45) is 0. The second-order valence-electron chi connectivity index (χ2n) is 2.59. The van der Waals surface area contributed by atoms with Gasteiger partial charge in [-0.25, -0.2) is 4.68 Å². The Kier molecular flexibility index (Phi) is 3.45. The third-order valence-corrected chi connectivity index (χ3v) is 2.25. The molecule has 1 heterocycles. The van der Waals surface area contributed by atoms with Crippen molar-refractivity contribution in [2.45, 2.75) is 20.4 Å². The summed E-state index contributed by atoms with van der Waals surface area (Å²) in [6, 6.07) is 0. The molecule has 0 unspecified atom stereocenters. The zero-order valence-electron chi connectivity index (χ0n) is 7.95. The molecule has 78 valence electrons. The van der Waals surface area contributed by atoms with Crippen LogP contribution in [0.3, 0.4) is 0 Å². The van der Waals surface area contributed by atoms with Crippen LogP contribution in [-0.2, 0) is 6.54 Å². The van der Waals surface area contributed by atoms with Crippen LogP contribution < -0.4 is 5.32 Å². The second-order valence-corrected chi connectivity index (χ2v) is 3.34. The Balaban J connectivity index is 3.23. The minimum Gasteiger partial charge on any atom is -0.365 e. The summed E-state index contributed by atoms with van der Waals surface area (Å²) in [6.45, 7) is 4.97. The van der Waals surface area contributed by atoms with Crippen LogP contribution in [-0.4, -0.2) is 21.2 Å². The molecular weight excluding hydrogens is 252 g/mol. The first-order valence-corrected chi connectivity index (χ1v) is 5.05. The van der Waals surface area contributed by atoms with Crippen molar-refractivity contribution in [2.75, 3.05) is 11.9 Å². The number of hydrogen-bond donors (Lipinski definition) is 1. The van der Waals surface area contributed by atoms with E-state index in [9.17, 15) is 10.1 Å². The van der Waals surface area contributed by atoms with Crippen LogP contribution in [0, 0.1) is 10.1 Å². The number of anilines is 1. The van der Waals surface area contributed by atoms with Crippen molar-refractivity contribution < 1.29 is 4.92 Å². The highest BCUT2D eigenvalue weighted by Crippen LogP contribution is 2.32. The maximum atomic E-state index is 10.7. The van der Waals surface area contributed by atoms with Gasteiger partial charge >= 0.3 is 5.69 Å². The maximum absolute atomic E-state index is 10.7. The van der Waals surface area contributed by atoms with Gasteiger partial charge in [-0.05, 0) is 29.8 Å². The third-order valence-electron chi connectivity index (χ3n) is 1.71. The summed E-state index contributed by atoms with van der Waals surface area (Å²) < 4.78 is 1.83. The van der Waals surface area contributed by atoms with Crippen LogP contribution >= 0.6 is 15.9 Å². The number of rotatable bonds is 4. The fraction of sp³-hybridized carbons (Fsp3) is 0.571. The Morgan fingerprint density at radius 1 is 1.64 bits per heavy atom. The number of aryl methyl sites for hydroxylation is 1. The molecule has 0 saturated carbocycles. The van der Waals surface area contributed by atoms with Crippen LogP contribution in [0.2, 0.25) is 0 Å². The number of hydrogen-bond acceptors (Lipinski definition) is 4. The lowest BCUT2D eigenvalue weighted by atomic mass is 10.5. The van der Waals surface area contributed by atoms with E-state index in [-0.39, 0.29) is 10.3 Å². The molecule has 0 amide bonds. The smallest absolute Gasteiger partial charge is 0.345 e. The Hall–Kier alpha value is -1.11. The summed E-state index contributed by atoms with van der Waals surface area (Å²) in [7, 11) is 0. The zero-order valence-corrected chi connectivity index (χ0v) is 9.54. The quantitative estimate of drug-likeness (QED) is 0.666. The van der Waals surface area contributed by atoms with Crippen LogP contribution in [0.25, 0.3) is 0 Å². The molecule has 14 heavy (non-hydrogen) atoms. The van der Waals surface area contributed by atoms with Gasteiger partial charge in [0.15, 0.2) is 0 Å². The molecule has 0 spiro atoms. The Bertz CT molecular complexity index is 350. The van der Waals surface area contributed by atoms with Gasteiger partial charge in [0.2, 0.25) is 10.4 Å². The minimum atomic E-state index is -0.443. The van der Waals surface area contributed by atoms with E-state index in [0.717, 1.165) is 0 Å². The molecule has 0 bridgehead atoms. The van der Waals surface area contributed by atoms with E-state index in [4.69, 9.17) is 0 Å². The highest BCUT2D eigenvalue weighted by Gasteiger charge is 2.25. The largest absolute Gasteiger partial charge is 0.365 e. The fourth-order valence-electron chi connectivity index (χ4n) is 1.16. The van der Waals surface area contributed by atoms with Gasteiger partial charge in [-0.15, -0.1) is 0 Å². The average molecular weight is 263 g/mol. The second kappa shape index (κ2) is 4.41. The molecule has 0 saturated heterocycles. The highest BCUT2D eigenvalue weighted by molar-refractivity contribution is 9.10. The lowest BCUT2D eigenvalue weighted by molar-refractivity contribution is -0.384. The van der Waals surface area contributed by atoms with Gasteiger partial charge in [-0.1, -0.05) is 0 Å². The number of nitrogens with one attached hydrogen (secondary N) is 1. The molecule has 0 fully saturated rings. The van der Waals surface area contributed by atoms with Gasteiger partial charge in [0.05, 0.1) is 4.92 Å². The number of halogens is 1. The molecule has 0 radical (unpaired) electrons. The Labute approximate surface area is 89.6 Å². The summed E-state index contributed by atoms with van der Waals surface area (Å²) in [5, 5.41) is 17.7. The van der Waals surface area contributed by atoms with E-state index in [1.807, 2.05) is 13.8 Å². The lowest BCUT2D eigenvalue weighted by Gasteiger charge is -2.03. The highest BCUT2D eigenvalue weighted by atomic mass is 79.9. The van der Waals surface area contributed by atoms with E-state index in [2.05, 4.69) is 26.3 Å². The van der Waals surface area contributed by atoms with Gasteiger partial charge < -0.3 is 5.32 Å². The first-order valence-electron chi connectivity index (χ1n) is 4.26. The van der Waals surface area contributed by atoms with Crippen molar-refractivity contribution in [3.05, 3.63) is 14.7 Å². The Morgan fingerprint density at radius 2 is 2.29 bits per heavy atom. The van der Waals surface area contributed by atoms with Gasteiger partial charge in [0.25, 0.3) is 0 Å². The first-order chi connectivity index (χ1) is 6.61. The summed E-state index contributed by atoms with van der Waals surface area (Å²) in [5.74, 6) is 0.451. The summed E-state index contributed by atoms with van der Waals surface area (Å²) in [4.78, 5) is 10.3. The summed E-state index contributed by atoms with van der Waals surface area (Å²) in [5.41, 5.74) is -0.00583. The topological polar surface area (TPSA) is 73.0 Å². The molecule has 0 aliphatic carbocycles. The maximum Gasteiger partial charge on any atom is 0.345 e. The van der Waals surface area contributed by atoms with Crippen molar-refractivity contribution in [3.8, 4) is 0 Å². The van der Waals surface area contributed by atoms with Crippen LogP contribution in [0.5, 0.6) is 0 Å². The van der Waals surface area contributed by atoms with Crippen LogP contribution in [0.4, 0.5) is 11.5 Å². The average Bonchev–Trinajstić information content (AvgIpc) is 2.43. The zero-order chi connectivity index (χ0) is 10.7. The van der Waals surface area contributed by atoms with E-state index in [0.29, 0.717) is 18.9 Å². The SMILES string of the molecule is CCNc1c([N+](=O)[O-])c(Br)nn1CC. The standard InChI is InChI=1S/C7H11BrN4O2/c1-3-9-7-5(12(13)14)6(8)10-11(7)4-2/h9H,3-4H2,1-2H3. The predicted octanol–water partition coefficient (Wildman–Crippen LogP) is 2.01. The van der Waals surface area contributed by atoms with Crippen molar-refractivity contribution in [3.63, 3.8) is 0 Å². The van der Waals surface area contributed by atoms with Crippen molar-refractivity contribution in [2.24, 2.45) is 0 Å². The molecule has 7 heteroatoms. The third kappa shape index (κ3) is 1.87. The van der Waals surface area contributed by atoms with Crippen molar-refractivity contribution in [1.82, 2.24) is 9.78 Å². The normalized spacial score (nSPS) is 10.2. The van der Waals surface area contributed by atoms with Crippen LogP contribution in [0.15, 0.2) is 4.60 Å². The van der Waals surface area contributed by atoms with E-state index in [1.54, 1.807) is 4.68 Å². The van der Waals surface area contributed by atoms with E-state index >= 15 is 0 Å². The molecule has 1 aromatic heterocycles. The minimum absolute atomic E-state index is 0.00583. The number of nitro groups is 1. The molecule has 6 nitrogen and oxygen atoms in total. The molecule has 0 aromatic carbocycles. The van der Waals surface area contributed by atoms with Crippen molar-refractivity contribution in [1.29, 1.82) is 0 Å². The predicted molar refractivity (Wildman–Crippen MR) is 56.4 cm³/mol. The van der Waals surface area contributed by atoms with E-state index < -0.39 is 4.92 Å². The Morgan fingerprint density at radius 3 is 2.71 bits per heavy atom. The number of nitrogens with zero attached hydrogens (tertiary/aromatic N) is 3. The molecule has 1 aromatic rings. The van der Waals surface area contributed by atoms with Gasteiger partial charge in [0.1, 0.15) is 0 Å². The van der Waals surface area contributed by atoms with Gasteiger partial charge in [-0.3, -0.25) is 10.1 Å². The van der Waals surface area contributed by atoms with Gasteiger partial charge in [0, 0.05) is 13.1 Å². The molecule has 1 N–H and O–H groups in total. The monoisotopic (exact) mass is 262 g/mol. The fourth-order valence-corrected chi connectivity index (χ4v) is 1.68. The van der Waals surface area contributed by atoms with Gasteiger partial charge in [-0.2, -0.15) is 5.10 Å². The van der Waals surface area contributed by atoms with Crippen LogP contribution in [0.1, 0.15) is 13.8 Å².